The van der Waals surface area contributed by atoms with Crippen molar-refractivity contribution < 1.29 is 23.9 Å². The van der Waals surface area contributed by atoms with Gasteiger partial charge in [-0.3, -0.25) is 0 Å². The van der Waals surface area contributed by atoms with Crippen LogP contribution in [0.15, 0.2) is 121 Å². The summed E-state index contributed by atoms with van der Waals surface area (Å²) >= 11 is 0. The van der Waals surface area contributed by atoms with Gasteiger partial charge in [-0.25, -0.2) is 0 Å². The second-order valence-electron chi connectivity index (χ2n) is 10.7. The van der Waals surface area contributed by atoms with Crippen LogP contribution in [0.2, 0.25) is 5.82 Å². The van der Waals surface area contributed by atoms with Gasteiger partial charge in [0.25, 0.3) is 0 Å². The molecule has 5 nitrogen and oxygen atoms in total. The lowest BCUT2D eigenvalue weighted by Crippen LogP contribution is -2.56. The first-order valence-corrected chi connectivity index (χ1v) is 13.9. The van der Waals surface area contributed by atoms with E-state index in [0.717, 1.165) is 28.7 Å². The average molecular weight is 534 g/mol. The quantitative estimate of drug-likeness (QED) is 0.260. The molecule has 1 aliphatic heterocycles. The molecule has 6 heteroatoms. The fourth-order valence-electron chi connectivity index (χ4n) is 6.54. The van der Waals surface area contributed by atoms with Gasteiger partial charge >= 0.3 is 7.12 Å². The maximum atomic E-state index is 9.93. The zero-order valence-corrected chi connectivity index (χ0v) is 22.9. The summed E-state index contributed by atoms with van der Waals surface area (Å²) in [7, 11) is 2.96. The Hall–Kier alpha value is -3.26. The third-order valence-electron chi connectivity index (χ3n) is 8.65. The van der Waals surface area contributed by atoms with E-state index in [1.54, 1.807) is 14.2 Å². The van der Waals surface area contributed by atoms with E-state index in [4.69, 9.17) is 18.8 Å². The molecule has 0 unspecified atom stereocenters. The molecule has 6 rings (SSSR count). The van der Waals surface area contributed by atoms with Crippen LogP contribution in [-0.4, -0.2) is 45.3 Å². The zero-order valence-electron chi connectivity index (χ0n) is 22.9. The second kappa shape index (κ2) is 11.3. The van der Waals surface area contributed by atoms with Crippen LogP contribution in [0.5, 0.6) is 0 Å². The smallest absolute Gasteiger partial charge is 0.402 e. The number of rotatable bonds is 10. The van der Waals surface area contributed by atoms with Crippen molar-refractivity contribution >= 4 is 7.12 Å². The summed E-state index contributed by atoms with van der Waals surface area (Å²) in [5.74, 6) is 0.250. The predicted molar refractivity (Wildman–Crippen MR) is 156 cm³/mol. The molecule has 1 heterocycles. The Balaban J connectivity index is 1.60. The molecule has 1 N–H and O–H groups in total. The van der Waals surface area contributed by atoms with Crippen molar-refractivity contribution in [2.45, 2.75) is 35.6 Å². The minimum Gasteiger partial charge on any atom is -0.402 e. The molecular weight excluding hydrogens is 499 g/mol. The van der Waals surface area contributed by atoms with Gasteiger partial charge < -0.3 is 23.9 Å². The molecule has 1 saturated carbocycles. The lowest BCUT2D eigenvalue weighted by molar-refractivity contribution is -0.136. The Labute approximate surface area is 236 Å². The molecule has 0 aromatic heterocycles. The van der Waals surface area contributed by atoms with Gasteiger partial charge in [0.2, 0.25) is 0 Å². The molecule has 2 aliphatic rings. The fraction of sp³-hybridized carbons (Fsp3) is 0.294. The maximum Gasteiger partial charge on any atom is 0.461 e. The molecular formula is C34H35BO5. The van der Waals surface area contributed by atoms with Crippen LogP contribution in [0.4, 0.5) is 0 Å². The minimum atomic E-state index is -1.02. The third kappa shape index (κ3) is 4.41. The number of benzene rings is 4. The Bertz CT molecular complexity index is 1190. The van der Waals surface area contributed by atoms with Crippen LogP contribution in [0.25, 0.3) is 0 Å². The van der Waals surface area contributed by atoms with Crippen LogP contribution in [0.3, 0.4) is 0 Å². The first-order chi connectivity index (χ1) is 19.7. The molecule has 4 atom stereocenters. The lowest BCUT2D eigenvalue weighted by Gasteiger charge is -2.47. The average Bonchev–Trinajstić information content (AvgIpc) is 3.71. The van der Waals surface area contributed by atoms with Crippen LogP contribution in [0.1, 0.15) is 28.7 Å². The summed E-state index contributed by atoms with van der Waals surface area (Å²) < 4.78 is 27.3. The van der Waals surface area contributed by atoms with Crippen LogP contribution in [0, 0.1) is 5.92 Å². The lowest BCUT2D eigenvalue weighted by atomic mass is 9.71. The topological polar surface area (TPSA) is 57.2 Å². The molecule has 0 radical (unpaired) electrons. The first kappa shape index (κ1) is 26.9. The molecule has 4 aromatic rings. The summed E-state index contributed by atoms with van der Waals surface area (Å²) in [5.41, 5.74) is 1.82. The Morgan fingerprint density at radius 1 is 0.625 bits per heavy atom. The molecule has 1 saturated heterocycles. The van der Waals surface area contributed by atoms with E-state index in [9.17, 15) is 5.11 Å². The van der Waals surface area contributed by atoms with Crippen molar-refractivity contribution in [1.82, 2.24) is 0 Å². The number of hydrogen-bond donors (Lipinski definition) is 1. The number of aliphatic hydroxyl groups is 1. The van der Waals surface area contributed by atoms with Gasteiger partial charge in [0.1, 0.15) is 23.4 Å². The molecule has 40 heavy (non-hydrogen) atoms. The van der Waals surface area contributed by atoms with Crippen molar-refractivity contribution in [2.24, 2.45) is 5.92 Å². The van der Waals surface area contributed by atoms with Gasteiger partial charge in [-0.05, 0) is 40.4 Å². The van der Waals surface area contributed by atoms with Gasteiger partial charge in [0.05, 0.1) is 0 Å². The molecule has 204 valence electrons. The first-order valence-electron chi connectivity index (χ1n) is 13.9. The second-order valence-corrected chi connectivity index (χ2v) is 10.7. The van der Waals surface area contributed by atoms with E-state index < -0.39 is 30.5 Å². The third-order valence-corrected chi connectivity index (χ3v) is 8.65. The molecule has 2 fully saturated rings. The summed E-state index contributed by atoms with van der Waals surface area (Å²) in [6.45, 7) is 0.114. The molecule has 0 bridgehead atoms. The summed E-state index contributed by atoms with van der Waals surface area (Å²) in [5, 5.41) is 9.93. The fourth-order valence-corrected chi connectivity index (χ4v) is 6.54. The Kier molecular flexibility index (Phi) is 7.62. The van der Waals surface area contributed by atoms with Crippen molar-refractivity contribution in [3.05, 3.63) is 144 Å². The van der Waals surface area contributed by atoms with Crippen LogP contribution >= 0.6 is 0 Å². The molecule has 0 spiro atoms. The highest BCUT2D eigenvalue weighted by atomic mass is 16.7. The van der Waals surface area contributed by atoms with Crippen molar-refractivity contribution in [3.63, 3.8) is 0 Å². The van der Waals surface area contributed by atoms with E-state index in [1.165, 1.54) is 0 Å². The van der Waals surface area contributed by atoms with Crippen molar-refractivity contribution in [3.8, 4) is 0 Å². The normalized spacial score (nSPS) is 22.8. The van der Waals surface area contributed by atoms with Crippen LogP contribution in [-0.2, 0) is 30.0 Å². The number of hydrogen-bond acceptors (Lipinski definition) is 5. The van der Waals surface area contributed by atoms with Gasteiger partial charge in [0.15, 0.2) is 0 Å². The maximum absolute atomic E-state index is 9.93. The van der Waals surface area contributed by atoms with E-state index in [-0.39, 0.29) is 18.3 Å². The standard InChI is InChI=1S/C34H35BO5/c1-37-33(26-15-7-3-8-16-26,27-17-9-4-10-18-27)31-32(40-35(39-31)30-23-25(30)24-36)34(38-2,28-19-11-5-12-20-28)29-21-13-6-14-22-29/h3-22,25,30-32,36H,23-24H2,1-2H3/t25-,30+,31+,32+/m0/s1. The van der Waals surface area contributed by atoms with Gasteiger partial charge in [-0.1, -0.05) is 121 Å². The SMILES string of the molecule is COC(c1ccccc1)(c1ccccc1)[C@@H]1OB([C@@H]2C[C@H]2CO)O[C@H]1C(OC)(c1ccccc1)c1ccccc1. The van der Waals surface area contributed by atoms with Crippen LogP contribution < -0.4 is 0 Å². The van der Waals surface area contributed by atoms with Gasteiger partial charge in [-0.2, -0.15) is 0 Å². The highest BCUT2D eigenvalue weighted by Crippen LogP contribution is 2.56. The Morgan fingerprint density at radius 2 is 0.950 bits per heavy atom. The number of aliphatic hydroxyl groups excluding tert-OH is 1. The predicted octanol–water partition coefficient (Wildman–Crippen LogP) is 5.82. The van der Waals surface area contributed by atoms with E-state index in [0.29, 0.717) is 0 Å². The summed E-state index contributed by atoms with van der Waals surface area (Å²) in [6, 6.07) is 40.8. The monoisotopic (exact) mass is 534 g/mol. The largest absolute Gasteiger partial charge is 0.461 e. The van der Waals surface area contributed by atoms with E-state index in [1.807, 2.05) is 72.8 Å². The minimum absolute atomic E-state index is 0.0969. The highest BCUT2D eigenvalue weighted by Gasteiger charge is 2.65. The molecule has 0 amide bonds. The van der Waals surface area contributed by atoms with Crippen molar-refractivity contribution in [1.29, 1.82) is 0 Å². The number of ether oxygens (including phenoxy) is 2. The van der Waals surface area contributed by atoms with Crippen molar-refractivity contribution in [2.75, 3.05) is 20.8 Å². The van der Waals surface area contributed by atoms with Gasteiger partial charge in [0, 0.05) is 20.8 Å². The molecule has 4 aromatic carbocycles. The van der Waals surface area contributed by atoms with E-state index in [2.05, 4.69) is 48.5 Å². The number of methoxy groups -OCH3 is 2. The summed E-state index contributed by atoms with van der Waals surface area (Å²) in [6.07, 6.45) is -0.353. The Morgan fingerprint density at radius 3 is 1.20 bits per heavy atom. The zero-order chi connectivity index (χ0) is 27.6. The molecule has 1 aliphatic carbocycles. The summed E-state index contributed by atoms with van der Waals surface area (Å²) in [4.78, 5) is 0. The van der Waals surface area contributed by atoms with Gasteiger partial charge in [-0.15, -0.1) is 0 Å². The highest BCUT2D eigenvalue weighted by molar-refractivity contribution is 6.48. The van der Waals surface area contributed by atoms with E-state index >= 15 is 0 Å².